The van der Waals surface area contributed by atoms with Crippen molar-refractivity contribution in [1.29, 1.82) is 0 Å². The fourth-order valence-electron chi connectivity index (χ4n) is 2.67. The van der Waals surface area contributed by atoms with Crippen LogP contribution in [0, 0.1) is 11.8 Å². The normalized spacial score (nSPS) is 22.0. The Hall–Kier alpha value is -1.43. The molecule has 5 nitrogen and oxygen atoms in total. The Morgan fingerprint density at radius 2 is 2.00 bits per heavy atom. The maximum atomic E-state index is 12.1. The number of aliphatic carboxylic acids is 1. The lowest BCUT2D eigenvalue weighted by Gasteiger charge is -2.25. The number of carboxylic acid groups (broad SMARTS) is 1. The molecule has 0 spiro atoms. The smallest absolute Gasteiger partial charge is 0.306 e. The van der Waals surface area contributed by atoms with Crippen LogP contribution in [0.1, 0.15) is 42.5 Å². The Kier molecular flexibility index (Phi) is 5.73. The van der Waals surface area contributed by atoms with Gasteiger partial charge in [-0.3, -0.25) is 9.59 Å². The lowest BCUT2D eigenvalue weighted by atomic mass is 9.81. The number of hydrogen-bond acceptors (Lipinski definition) is 4. The molecule has 1 aromatic heterocycles. The number of aryl methyl sites for hydroxylation is 1. The van der Waals surface area contributed by atoms with Gasteiger partial charge in [0, 0.05) is 30.0 Å². The molecule has 2 N–H and O–H groups in total. The van der Waals surface area contributed by atoms with Gasteiger partial charge in [0.25, 0.3) is 0 Å². The Balaban J connectivity index is 1.69. The molecule has 6 heteroatoms. The van der Waals surface area contributed by atoms with E-state index in [9.17, 15) is 9.59 Å². The van der Waals surface area contributed by atoms with Crippen molar-refractivity contribution in [2.75, 3.05) is 6.54 Å². The van der Waals surface area contributed by atoms with E-state index in [-0.39, 0.29) is 17.7 Å². The van der Waals surface area contributed by atoms with Gasteiger partial charge in [-0.25, -0.2) is 4.98 Å². The van der Waals surface area contributed by atoms with Crippen molar-refractivity contribution in [3.63, 3.8) is 0 Å². The van der Waals surface area contributed by atoms with Crippen molar-refractivity contribution >= 4 is 23.2 Å². The number of carbonyl (C=O) groups excluding carboxylic acids is 1. The standard InChI is InChI=1S/C15H22N2O3S/c1-2-12-9-17-13(21-12)7-8-16-14(18)10-3-5-11(6-4-10)15(19)20/h9-11H,2-8H2,1H3,(H,16,18)(H,19,20). The maximum Gasteiger partial charge on any atom is 0.306 e. The van der Waals surface area contributed by atoms with Gasteiger partial charge in [-0.1, -0.05) is 6.92 Å². The van der Waals surface area contributed by atoms with Gasteiger partial charge in [-0.15, -0.1) is 11.3 Å². The van der Waals surface area contributed by atoms with E-state index in [1.54, 1.807) is 11.3 Å². The quantitative estimate of drug-likeness (QED) is 0.844. The summed E-state index contributed by atoms with van der Waals surface area (Å²) in [6.45, 7) is 2.71. The SMILES string of the molecule is CCc1cnc(CCNC(=O)C2CCC(C(=O)O)CC2)s1. The zero-order valence-corrected chi connectivity index (χ0v) is 13.1. The molecule has 1 saturated carbocycles. The van der Waals surface area contributed by atoms with Crippen LogP contribution >= 0.6 is 11.3 Å². The van der Waals surface area contributed by atoms with E-state index in [1.165, 1.54) is 4.88 Å². The first-order valence-electron chi connectivity index (χ1n) is 7.54. The molecular weight excluding hydrogens is 288 g/mol. The van der Waals surface area contributed by atoms with Crippen molar-refractivity contribution in [1.82, 2.24) is 10.3 Å². The van der Waals surface area contributed by atoms with Crippen molar-refractivity contribution < 1.29 is 14.7 Å². The van der Waals surface area contributed by atoms with Crippen LogP contribution in [0.15, 0.2) is 6.20 Å². The van der Waals surface area contributed by atoms with Crippen LogP contribution in [0.3, 0.4) is 0 Å². The summed E-state index contributed by atoms with van der Waals surface area (Å²) in [4.78, 5) is 28.5. The minimum atomic E-state index is -0.732. The minimum Gasteiger partial charge on any atom is -0.481 e. The molecule has 1 aliphatic rings. The fourth-order valence-corrected chi connectivity index (χ4v) is 3.53. The lowest BCUT2D eigenvalue weighted by molar-refractivity contribution is -0.144. The molecular formula is C15H22N2O3S. The first-order valence-corrected chi connectivity index (χ1v) is 8.36. The van der Waals surface area contributed by atoms with E-state index in [2.05, 4.69) is 17.2 Å². The van der Waals surface area contributed by atoms with Gasteiger partial charge in [0.15, 0.2) is 0 Å². The van der Waals surface area contributed by atoms with E-state index in [0.717, 1.165) is 17.8 Å². The molecule has 0 aromatic carbocycles. The van der Waals surface area contributed by atoms with E-state index >= 15 is 0 Å². The number of thiazole rings is 1. The molecule has 1 aliphatic carbocycles. The summed E-state index contributed by atoms with van der Waals surface area (Å²) in [6.07, 6.45) is 6.24. The number of aromatic nitrogens is 1. The van der Waals surface area contributed by atoms with E-state index in [0.29, 0.717) is 32.2 Å². The molecule has 1 fully saturated rings. The fraction of sp³-hybridized carbons (Fsp3) is 0.667. The van der Waals surface area contributed by atoms with Gasteiger partial charge in [-0.2, -0.15) is 0 Å². The zero-order chi connectivity index (χ0) is 15.2. The summed E-state index contributed by atoms with van der Waals surface area (Å²) < 4.78 is 0. The highest BCUT2D eigenvalue weighted by Crippen LogP contribution is 2.29. The average Bonchev–Trinajstić information content (AvgIpc) is 2.95. The predicted octanol–water partition coefficient (Wildman–Crippen LogP) is 2.26. The Morgan fingerprint density at radius 1 is 1.33 bits per heavy atom. The zero-order valence-electron chi connectivity index (χ0n) is 12.3. The highest BCUT2D eigenvalue weighted by Gasteiger charge is 2.29. The molecule has 1 aromatic rings. The average molecular weight is 310 g/mol. The van der Waals surface area contributed by atoms with E-state index < -0.39 is 5.97 Å². The molecule has 0 saturated heterocycles. The van der Waals surface area contributed by atoms with Crippen molar-refractivity contribution in [3.05, 3.63) is 16.1 Å². The second-order valence-corrected chi connectivity index (χ2v) is 6.70. The molecule has 0 radical (unpaired) electrons. The molecule has 1 heterocycles. The van der Waals surface area contributed by atoms with Crippen LogP contribution in [0.5, 0.6) is 0 Å². The predicted molar refractivity (Wildman–Crippen MR) is 81.3 cm³/mol. The number of nitrogens with one attached hydrogen (secondary N) is 1. The number of nitrogens with zero attached hydrogens (tertiary/aromatic N) is 1. The van der Waals surface area contributed by atoms with Crippen LogP contribution in [-0.4, -0.2) is 28.5 Å². The Morgan fingerprint density at radius 3 is 2.57 bits per heavy atom. The molecule has 116 valence electrons. The van der Waals surface area contributed by atoms with Gasteiger partial charge in [0.1, 0.15) is 0 Å². The molecule has 0 aliphatic heterocycles. The number of carboxylic acids is 1. The summed E-state index contributed by atoms with van der Waals surface area (Å²) in [5.41, 5.74) is 0. The number of hydrogen-bond donors (Lipinski definition) is 2. The number of carbonyl (C=O) groups is 2. The van der Waals surface area contributed by atoms with Crippen molar-refractivity contribution in [2.45, 2.75) is 45.4 Å². The minimum absolute atomic E-state index is 0.0249. The summed E-state index contributed by atoms with van der Waals surface area (Å²) in [5, 5.41) is 13.0. The highest BCUT2D eigenvalue weighted by atomic mass is 32.1. The van der Waals surface area contributed by atoms with Crippen molar-refractivity contribution in [3.8, 4) is 0 Å². The Labute approximate surface area is 128 Å². The van der Waals surface area contributed by atoms with Crippen LogP contribution < -0.4 is 5.32 Å². The van der Waals surface area contributed by atoms with Gasteiger partial charge in [-0.05, 0) is 32.1 Å². The third-order valence-corrected chi connectivity index (χ3v) is 5.24. The molecule has 0 bridgehead atoms. The van der Waals surface area contributed by atoms with Crippen LogP contribution in [0.25, 0.3) is 0 Å². The summed E-state index contributed by atoms with van der Waals surface area (Å²) in [6, 6.07) is 0. The molecule has 0 unspecified atom stereocenters. The van der Waals surface area contributed by atoms with Crippen LogP contribution in [0.4, 0.5) is 0 Å². The topological polar surface area (TPSA) is 79.3 Å². The lowest BCUT2D eigenvalue weighted by Crippen LogP contribution is -2.35. The van der Waals surface area contributed by atoms with Crippen molar-refractivity contribution in [2.24, 2.45) is 11.8 Å². The molecule has 2 rings (SSSR count). The van der Waals surface area contributed by atoms with Crippen LogP contribution in [0.2, 0.25) is 0 Å². The van der Waals surface area contributed by atoms with E-state index in [1.807, 2.05) is 6.20 Å². The highest BCUT2D eigenvalue weighted by molar-refractivity contribution is 7.11. The molecule has 0 atom stereocenters. The Bertz CT molecular complexity index is 493. The third-order valence-electron chi connectivity index (χ3n) is 4.04. The number of amides is 1. The van der Waals surface area contributed by atoms with Gasteiger partial charge >= 0.3 is 5.97 Å². The largest absolute Gasteiger partial charge is 0.481 e. The van der Waals surface area contributed by atoms with Gasteiger partial charge < -0.3 is 10.4 Å². The van der Waals surface area contributed by atoms with Gasteiger partial charge in [0.2, 0.25) is 5.91 Å². The van der Waals surface area contributed by atoms with Crippen LogP contribution in [-0.2, 0) is 22.4 Å². The molecule has 21 heavy (non-hydrogen) atoms. The second kappa shape index (κ2) is 7.54. The number of rotatable bonds is 6. The summed E-state index contributed by atoms with van der Waals surface area (Å²) >= 11 is 1.70. The third kappa shape index (κ3) is 4.52. The monoisotopic (exact) mass is 310 g/mol. The summed E-state index contributed by atoms with van der Waals surface area (Å²) in [7, 11) is 0. The summed E-state index contributed by atoms with van der Waals surface area (Å²) in [5.74, 6) is -0.963. The first-order chi connectivity index (χ1) is 10.1. The maximum absolute atomic E-state index is 12.1. The first kappa shape index (κ1) is 15.9. The molecule has 1 amide bonds. The second-order valence-electron chi connectivity index (χ2n) is 5.50. The van der Waals surface area contributed by atoms with E-state index in [4.69, 9.17) is 5.11 Å². The van der Waals surface area contributed by atoms with Gasteiger partial charge in [0.05, 0.1) is 10.9 Å².